The Morgan fingerprint density at radius 2 is 2.21 bits per heavy atom. The van der Waals surface area contributed by atoms with Gasteiger partial charge in [0.1, 0.15) is 0 Å². The highest BCUT2D eigenvalue weighted by atomic mass is 19.1. The molecule has 2 saturated heterocycles. The van der Waals surface area contributed by atoms with E-state index in [-0.39, 0.29) is 41.3 Å². The number of furan rings is 1. The fraction of sp³-hybridized carbons (Fsp3) is 0.353. The summed E-state index contributed by atoms with van der Waals surface area (Å²) in [4.78, 5) is 30.3. The van der Waals surface area contributed by atoms with Crippen LogP contribution in [0.5, 0.6) is 0 Å². The largest absolute Gasteiger partial charge is 0.459 e. The van der Waals surface area contributed by atoms with Gasteiger partial charge in [0.25, 0.3) is 11.8 Å². The average Bonchev–Trinajstić information content (AvgIpc) is 3.30. The van der Waals surface area contributed by atoms with Crippen LogP contribution in [0.2, 0.25) is 0 Å². The Kier molecular flexibility index (Phi) is 3.55. The number of amides is 2. The molecular weight excluding hydrogens is 313 g/mol. The average molecular weight is 329 g/mol. The first-order chi connectivity index (χ1) is 11.6. The van der Waals surface area contributed by atoms with Crippen LogP contribution in [-0.4, -0.2) is 39.8 Å². The van der Waals surface area contributed by atoms with E-state index >= 15 is 0 Å². The molecule has 2 fully saturated rings. The van der Waals surface area contributed by atoms with Crippen LogP contribution in [0.4, 0.5) is 4.39 Å². The van der Waals surface area contributed by atoms with Gasteiger partial charge >= 0.3 is 0 Å². The lowest BCUT2D eigenvalue weighted by atomic mass is 9.95. The Morgan fingerprint density at radius 1 is 1.33 bits per heavy atom. The summed E-state index contributed by atoms with van der Waals surface area (Å²) in [7, 11) is 0. The molecule has 3 atom stereocenters. The summed E-state index contributed by atoms with van der Waals surface area (Å²) in [6.45, 7) is 0. The quantitative estimate of drug-likeness (QED) is 0.934. The van der Waals surface area contributed by atoms with Gasteiger partial charge in [-0.2, -0.15) is 0 Å². The van der Waals surface area contributed by atoms with Gasteiger partial charge in [0.05, 0.1) is 30.1 Å². The van der Waals surface area contributed by atoms with Crippen molar-refractivity contribution in [2.75, 3.05) is 0 Å². The Balaban J connectivity index is 1.52. The van der Waals surface area contributed by atoms with Crippen LogP contribution in [0, 0.1) is 5.82 Å². The van der Waals surface area contributed by atoms with E-state index in [9.17, 15) is 14.0 Å². The Morgan fingerprint density at radius 3 is 2.96 bits per heavy atom. The van der Waals surface area contributed by atoms with Crippen molar-refractivity contribution in [1.29, 1.82) is 0 Å². The monoisotopic (exact) mass is 329 g/mol. The summed E-state index contributed by atoms with van der Waals surface area (Å²) in [5, 5.41) is 2.93. The highest BCUT2D eigenvalue weighted by molar-refractivity contribution is 5.95. The minimum absolute atomic E-state index is 0.0250. The van der Waals surface area contributed by atoms with Crippen LogP contribution in [0.1, 0.15) is 40.2 Å². The van der Waals surface area contributed by atoms with Crippen molar-refractivity contribution in [3.63, 3.8) is 0 Å². The van der Waals surface area contributed by atoms with Gasteiger partial charge in [-0.25, -0.2) is 4.39 Å². The van der Waals surface area contributed by atoms with E-state index in [2.05, 4.69) is 10.3 Å². The van der Waals surface area contributed by atoms with Gasteiger partial charge < -0.3 is 14.6 Å². The fourth-order valence-electron chi connectivity index (χ4n) is 3.80. The summed E-state index contributed by atoms with van der Waals surface area (Å²) in [6.07, 6.45) is 6.24. The zero-order valence-corrected chi connectivity index (χ0v) is 12.8. The van der Waals surface area contributed by atoms with E-state index in [1.807, 2.05) is 0 Å². The summed E-state index contributed by atoms with van der Waals surface area (Å²) in [5.74, 6) is -1.00. The standard InChI is InChI=1S/C17H16FN3O3/c18-12-9-19-6-5-11(12)17(23)21-10-3-4-14(21)13(8-10)20-16(22)15-2-1-7-24-15/h1-2,5-7,9-10,13-14H,3-4,8H2,(H,20,22)/t10?,13-,14?/m1/s1. The molecule has 2 aromatic heterocycles. The second kappa shape index (κ2) is 5.74. The van der Waals surface area contributed by atoms with Crippen molar-refractivity contribution < 1.29 is 18.4 Å². The Bertz CT molecular complexity index is 777. The fourth-order valence-corrected chi connectivity index (χ4v) is 3.80. The van der Waals surface area contributed by atoms with Crippen LogP contribution < -0.4 is 5.32 Å². The first-order valence-electron chi connectivity index (χ1n) is 7.91. The van der Waals surface area contributed by atoms with E-state index < -0.39 is 5.82 Å². The van der Waals surface area contributed by atoms with Crippen molar-refractivity contribution in [3.8, 4) is 0 Å². The molecule has 4 heterocycles. The number of carbonyl (C=O) groups excluding carboxylic acids is 2. The number of nitrogens with zero attached hydrogens (tertiary/aromatic N) is 2. The van der Waals surface area contributed by atoms with E-state index in [0.717, 1.165) is 19.0 Å². The maximum atomic E-state index is 13.9. The maximum absolute atomic E-state index is 13.9. The normalized spacial score (nSPS) is 25.0. The summed E-state index contributed by atoms with van der Waals surface area (Å²) < 4.78 is 19.0. The zero-order chi connectivity index (χ0) is 16.7. The van der Waals surface area contributed by atoms with Gasteiger partial charge in [0.15, 0.2) is 11.6 Å². The highest BCUT2D eigenvalue weighted by Gasteiger charge is 2.49. The molecule has 2 bridgehead atoms. The molecule has 0 saturated carbocycles. The van der Waals surface area contributed by atoms with Crippen LogP contribution in [-0.2, 0) is 0 Å². The van der Waals surface area contributed by atoms with Crippen molar-refractivity contribution in [2.24, 2.45) is 0 Å². The molecule has 124 valence electrons. The number of halogens is 1. The molecule has 0 aliphatic carbocycles. The molecule has 7 heteroatoms. The van der Waals surface area contributed by atoms with Gasteiger partial charge in [0, 0.05) is 12.2 Å². The number of aromatic nitrogens is 1. The lowest BCUT2D eigenvalue weighted by Gasteiger charge is -2.25. The van der Waals surface area contributed by atoms with Crippen LogP contribution in [0.15, 0.2) is 41.3 Å². The number of carbonyl (C=O) groups is 2. The minimum atomic E-state index is -0.620. The van der Waals surface area contributed by atoms with E-state index in [4.69, 9.17) is 4.42 Å². The van der Waals surface area contributed by atoms with Crippen LogP contribution in [0.3, 0.4) is 0 Å². The van der Waals surface area contributed by atoms with Crippen molar-refractivity contribution >= 4 is 11.8 Å². The molecule has 0 spiro atoms. The summed E-state index contributed by atoms with van der Waals surface area (Å²) >= 11 is 0. The van der Waals surface area contributed by atoms with E-state index in [0.29, 0.717) is 6.42 Å². The molecule has 2 aliphatic rings. The number of rotatable bonds is 3. The SMILES string of the molecule is O=C(N[C@@H]1CC2CCC1N2C(=O)c1ccncc1F)c1ccco1. The Hall–Kier alpha value is -2.70. The van der Waals surface area contributed by atoms with Crippen molar-refractivity contribution in [2.45, 2.75) is 37.4 Å². The predicted octanol–water partition coefficient (Wildman–Crippen LogP) is 1.99. The number of hydrogen-bond donors (Lipinski definition) is 1. The topological polar surface area (TPSA) is 75.4 Å². The lowest BCUT2D eigenvalue weighted by molar-refractivity contribution is 0.0710. The van der Waals surface area contributed by atoms with E-state index in [1.165, 1.54) is 18.5 Å². The summed E-state index contributed by atoms with van der Waals surface area (Å²) in [6, 6.07) is 4.41. The second-order valence-electron chi connectivity index (χ2n) is 6.16. The second-order valence-corrected chi connectivity index (χ2v) is 6.16. The van der Waals surface area contributed by atoms with Crippen LogP contribution >= 0.6 is 0 Å². The van der Waals surface area contributed by atoms with Gasteiger partial charge in [0.2, 0.25) is 0 Å². The molecule has 24 heavy (non-hydrogen) atoms. The number of nitrogens with one attached hydrogen (secondary N) is 1. The zero-order valence-electron chi connectivity index (χ0n) is 12.8. The summed E-state index contributed by atoms with van der Waals surface area (Å²) in [5.41, 5.74) is 0.0277. The Labute approximate surface area is 137 Å². The number of fused-ring (bicyclic) bond motifs is 2. The molecule has 6 nitrogen and oxygen atoms in total. The molecular formula is C17H16FN3O3. The minimum Gasteiger partial charge on any atom is -0.459 e. The van der Waals surface area contributed by atoms with Crippen molar-refractivity contribution in [3.05, 3.63) is 54.0 Å². The molecule has 2 aliphatic heterocycles. The predicted molar refractivity (Wildman–Crippen MR) is 81.8 cm³/mol. The highest BCUT2D eigenvalue weighted by Crippen LogP contribution is 2.39. The van der Waals surface area contributed by atoms with Crippen LogP contribution in [0.25, 0.3) is 0 Å². The maximum Gasteiger partial charge on any atom is 0.287 e. The third-order valence-electron chi connectivity index (χ3n) is 4.84. The molecule has 0 radical (unpaired) electrons. The molecule has 2 unspecified atom stereocenters. The molecule has 0 aromatic carbocycles. The lowest BCUT2D eigenvalue weighted by Crippen LogP contribution is -2.45. The molecule has 2 amide bonds. The van der Waals surface area contributed by atoms with Gasteiger partial charge in [-0.15, -0.1) is 0 Å². The number of hydrogen-bond acceptors (Lipinski definition) is 4. The molecule has 2 aromatic rings. The first kappa shape index (κ1) is 14.9. The smallest absolute Gasteiger partial charge is 0.287 e. The van der Waals surface area contributed by atoms with E-state index in [1.54, 1.807) is 17.0 Å². The van der Waals surface area contributed by atoms with Gasteiger partial charge in [-0.05, 0) is 37.5 Å². The first-order valence-corrected chi connectivity index (χ1v) is 7.91. The number of pyridine rings is 1. The van der Waals surface area contributed by atoms with Gasteiger partial charge in [-0.3, -0.25) is 14.6 Å². The van der Waals surface area contributed by atoms with Gasteiger partial charge in [-0.1, -0.05) is 0 Å². The third-order valence-corrected chi connectivity index (χ3v) is 4.84. The third kappa shape index (κ3) is 2.36. The molecule has 4 rings (SSSR count). The van der Waals surface area contributed by atoms with Crippen molar-refractivity contribution in [1.82, 2.24) is 15.2 Å². The molecule has 1 N–H and O–H groups in total.